The SMILES string of the molecule is CCN(CC)C(=O)c1ccc(C(=O)NCc2cn(CC(=O)O)nn2)cc1. The van der Waals surface area contributed by atoms with Crippen molar-refractivity contribution in [2.24, 2.45) is 0 Å². The Balaban J connectivity index is 1.94. The zero-order valence-electron chi connectivity index (χ0n) is 14.7. The lowest BCUT2D eigenvalue weighted by atomic mass is 10.1. The second-order valence-corrected chi connectivity index (χ2v) is 5.54. The van der Waals surface area contributed by atoms with Crippen LogP contribution in [0.25, 0.3) is 0 Å². The van der Waals surface area contributed by atoms with Gasteiger partial charge in [0.1, 0.15) is 12.2 Å². The number of carboxylic acids is 1. The first-order chi connectivity index (χ1) is 12.4. The third kappa shape index (κ3) is 4.88. The molecule has 2 aromatic rings. The fraction of sp³-hybridized carbons (Fsp3) is 0.353. The van der Waals surface area contributed by atoms with Crippen LogP contribution in [-0.4, -0.2) is 55.9 Å². The molecule has 0 atom stereocenters. The van der Waals surface area contributed by atoms with Gasteiger partial charge in [-0.25, -0.2) is 4.68 Å². The fourth-order valence-corrected chi connectivity index (χ4v) is 2.37. The average Bonchev–Trinajstić information content (AvgIpc) is 3.07. The lowest BCUT2D eigenvalue weighted by Gasteiger charge is -2.18. The van der Waals surface area contributed by atoms with Crippen molar-refractivity contribution in [2.45, 2.75) is 26.9 Å². The highest BCUT2D eigenvalue weighted by atomic mass is 16.4. The van der Waals surface area contributed by atoms with Gasteiger partial charge in [0.15, 0.2) is 0 Å². The number of rotatable bonds is 8. The summed E-state index contributed by atoms with van der Waals surface area (Å²) in [5.41, 5.74) is 1.40. The van der Waals surface area contributed by atoms with Crippen LogP contribution in [-0.2, 0) is 17.9 Å². The number of carbonyl (C=O) groups is 3. The summed E-state index contributed by atoms with van der Waals surface area (Å²) in [6.45, 7) is 4.91. The lowest BCUT2D eigenvalue weighted by Crippen LogP contribution is -2.30. The second-order valence-electron chi connectivity index (χ2n) is 5.54. The first kappa shape index (κ1) is 19.1. The Kier molecular flexibility index (Phi) is 6.42. The highest BCUT2D eigenvalue weighted by Crippen LogP contribution is 2.08. The second kappa shape index (κ2) is 8.75. The number of nitrogens with zero attached hydrogens (tertiary/aromatic N) is 4. The maximum atomic E-state index is 12.2. The van der Waals surface area contributed by atoms with Crippen LogP contribution in [0, 0.1) is 0 Å². The first-order valence-electron chi connectivity index (χ1n) is 8.22. The average molecular weight is 359 g/mol. The molecule has 0 aliphatic heterocycles. The third-order valence-electron chi connectivity index (χ3n) is 3.76. The van der Waals surface area contributed by atoms with Crippen molar-refractivity contribution in [3.05, 3.63) is 47.3 Å². The minimum Gasteiger partial charge on any atom is -0.480 e. The Hall–Kier alpha value is -3.23. The lowest BCUT2D eigenvalue weighted by molar-refractivity contribution is -0.137. The molecule has 0 saturated heterocycles. The van der Waals surface area contributed by atoms with Crippen LogP contribution < -0.4 is 5.32 Å². The van der Waals surface area contributed by atoms with Gasteiger partial charge in [0.2, 0.25) is 0 Å². The quantitative estimate of drug-likeness (QED) is 0.719. The molecule has 2 amide bonds. The molecule has 0 saturated carbocycles. The molecular weight excluding hydrogens is 338 g/mol. The Labute approximate surface area is 150 Å². The largest absolute Gasteiger partial charge is 0.480 e. The minimum atomic E-state index is -1.02. The summed E-state index contributed by atoms with van der Waals surface area (Å²) >= 11 is 0. The van der Waals surface area contributed by atoms with E-state index in [4.69, 9.17) is 5.11 Å². The number of aliphatic carboxylic acids is 1. The molecule has 26 heavy (non-hydrogen) atoms. The van der Waals surface area contributed by atoms with Gasteiger partial charge >= 0.3 is 5.97 Å². The molecule has 1 aromatic carbocycles. The molecule has 0 spiro atoms. The highest BCUT2D eigenvalue weighted by molar-refractivity contribution is 5.97. The molecular formula is C17H21N5O4. The number of carbonyl (C=O) groups excluding carboxylic acids is 2. The van der Waals surface area contributed by atoms with Crippen molar-refractivity contribution < 1.29 is 19.5 Å². The van der Waals surface area contributed by atoms with E-state index in [0.717, 1.165) is 0 Å². The van der Waals surface area contributed by atoms with E-state index in [1.165, 1.54) is 10.9 Å². The van der Waals surface area contributed by atoms with E-state index in [-0.39, 0.29) is 24.9 Å². The Morgan fingerprint density at radius 3 is 2.31 bits per heavy atom. The summed E-state index contributed by atoms with van der Waals surface area (Å²) in [5.74, 6) is -1.42. The number of benzene rings is 1. The Morgan fingerprint density at radius 2 is 1.73 bits per heavy atom. The molecule has 0 bridgehead atoms. The van der Waals surface area contributed by atoms with E-state index in [2.05, 4.69) is 15.6 Å². The molecule has 2 rings (SSSR count). The van der Waals surface area contributed by atoms with Crippen LogP contribution in [0.1, 0.15) is 40.3 Å². The van der Waals surface area contributed by atoms with Crippen LogP contribution in [0.5, 0.6) is 0 Å². The zero-order chi connectivity index (χ0) is 19.1. The van der Waals surface area contributed by atoms with Crippen molar-refractivity contribution in [1.29, 1.82) is 0 Å². The molecule has 1 heterocycles. The Bertz CT molecular complexity index is 781. The molecule has 138 valence electrons. The summed E-state index contributed by atoms with van der Waals surface area (Å²) in [5, 5.41) is 18.8. The van der Waals surface area contributed by atoms with E-state index in [0.29, 0.717) is 29.9 Å². The standard InChI is InChI=1S/C17H21N5O4/c1-3-21(4-2)17(26)13-7-5-12(6-8-13)16(25)18-9-14-10-22(20-19-14)11-15(23)24/h5-8,10H,3-4,9,11H2,1-2H3,(H,18,25)(H,23,24). The number of carboxylic acid groups (broad SMARTS) is 1. The van der Waals surface area contributed by atoms with Crippen molar-refractivity contribution in [3.63, 3.8) is 0 Å². The molecule has 9 nitrogen and oxygen atoms in total. The van der Waals surface area contributed by atoms with Gasteiger partial charge in [-0.1, -0.05) is 5.21 Å². The summed E-state index contributed by atoms with van der Waals surface area (Å²) in [6, 6.07) is 6.43. The van der Waals surface area contributed by atoms with E-state index >= 15 is 0 Å². The maximum absolute atomic E-state index is 12.2. The predicted octanol–water partition coefficient (Wildman–Crippen LogP) is 0.775. The Morgan fingerprint density at radius 1 is 1.12 bits per heavy atom. The molecule has 0 radical (unpaired) electrons. The van der Waals surface area contributed by atoms with Crippen LogP contribution in [0.4, 0.5) is 0 Å². The molecule has 0 aliphatic carbocycles. The summed E-state index contributed by atoms with van der Waals surface area (Å²) < 4.78 is 1.18. The van der Waals surface area contributed by atoms with Gasteiger partial charge in [0.05, 0.1) is 12.7 Å². The van der Waals surface area contributed by atoms with Crippen LogP contribution in [0.15, 0.2) is 30.5 Å². The highest BCUT2D eigenvalue weighted by Gasteiger charge is 2.13. The molecule has 1 aromatic heterocycles. The summed E-state index contributed by atoms with van der Waals surface area (Å²) in [4.78, 5) is 36.7. The first-order valence-corrected chi connectivity index (χ1v) is 8.22. The van der Waals surface area contributed by atoms with E-state index < -0.39 is 5.97 Å². The predicted molar refractivity (Wildman–Crippen MR) is 92.5 cm³/mol. The van der Waals surface area contributed by atoms with Gasteiger partial charge in [0, 0.05) is 24.2 Å². The number of hydrogen-bond acceptors (Lipinski definition) is 5. The zero-order valence-corrected chi connectivity index (χ0v) is 14.7. The van der Waals surface area contributed by atoms with Crippen molar-refractivity contribution in [1.82, 2.24) is 25.2 Å². The third-order valence-corrected chi connectivity index (χ3v) is 3.76. The van der Waals surface area contributed by atoms with Crippen molar-refractivity contribution in [2.75, 3.05) is 13.1 Å². The number of nitrogens with one attached hydrogen (secondary N) is 1. The van der Waals surface area contributed by atoms with E-state index in [9.17, 15) is 14.4 Å². The van der Waals surface area contributed by atoms with Gasteiger partial charge in [0.25, 0.3) is 11.8 Å². The van der Waals surface area contributed by atoms with Crippen molar-refractivity contribution in [3.8, 4) is 0 Å². The van der Waals surface area contributed by atoms with Crippen LogP contribution >= 0.6 is 0 Å². The topological polar surface area (TPSA) is 117 Å². The minimum absolute atomic E-state index is 0.0722. The number of amides is 2. The van der Waals surface area contributed by atoms with Gasteiger partial charge in [-0.3, -0.25) is 14.4 Å². The van der Waals surface area contributed by atoms with Gasteiger partial charge < -0.3 is 15.3 Å². The van der Waals surface area contributed by atoms with Crippen LogP contribution in [0.3, 0.4) is 0 Å². The van der Waals surface area contributed by atoms with Gasteiger partial charge in [-0.15, -0.1) is 5.10 Å². The molecule has 0 aliphatic rings. The molecule has 2 N–H and O–H groups in total. The number of hydrogen-bond donors (Lipinski definition) is 2. The van der Waals surface area contributed by atoms with Gasteiger partial charge in [-0.2, -0.15) is 0 Å². The smallest absolute Gasteiger partial charge is 0.325 e. The molecule has 0 fully saturated rings. The van der Waals surface area contributed by atoms with E-state index in [1.54, 1.807) is 29.2 Å². The fourth-order valence-electron chi connectivity index (χ4n) is 2.37. The van der Waals surface area contributed by atoms with Crippen LogP contribution in [0.2, 0.25) is 0 Å². The van der Waals surface area contributed by atoms with E-state index in [1.807, 2.05) is 13.8 Å². The summed E-state index contributed by atoms with van der Waals surface area (Å²) in [7, 11) is 0. The number of aromatic nitrogens is 3. The summed E-state index contributed by atoms with van der Waals surface area (Å²) in [6.07, 6.45) is 1.46. The normalized spacial score (nSPS) is 10.4. The maximum Gasteiger partial charge on any atom is 0.325 e. The molecule has 0 unspecified atom stereocenters. The van der Waals surface area contributed by atoms with Crippen molar-refractivity contribution >= 4 is 17.8 Å². The van der Waals surface area contributed by atoms with Gasteiger partial charge in [-0.05, 0) is 38.1 Å². The monoisotopic (exact) mass is 359 g/mol. The molecule has 9 heteroatoms.